The van der Waals surface area contributed by atoms with Crippen molar-refractivity contribution in [2.45, 2.75) is 38.8 Å². The summed E-state index contributed by atoms with van der Waals surface area (Å²) >= 11 is 1.91. The van der Waals surface area contributed by atoms with Crippen LogP contribution < -0.4 is 16.0 Å². The molecule has 1 unspecified atom stereocenters. The van der Waals surface area contributed by atoms with Crippen LogP contribution in [-0.4, -0.2) is 64.9 Å². The Kier molecular flexibility index (Phi) is 8.96. The van der Waals surface area contributed by atoms with E-state index in [4.69, 9.17) is 5.11 Å². The third-order valence-electron chi connectivity index (χ3n) is 6.18. The van der Waals surface area contributed by atoms with Gasteiger partial charge in [-0.05, 0) is 71.3 Å². The fourth-order valence-corrected chi connectivity index (χ4v) is 4.56. The second-order valence-electron chi connectivity index (χ2n) is 10.3. The topological polar surface area (TPSA) is 114 Å². The van der Waals surface area contributed by atoms with Gasteiger partial charge in [0.15, 0.2) is 11.6 Å². The van der Waals surface area contributed by atoms with Gasteiger partial charge < -0.3 is 31.1 Å². The summed E-state index contributed by atoms with van der Waals surface area (Å²) in [7, 11) is 0. The van der Waals surface area contributed by atoms with E-state index in [-0.39, 0.29) is 42.3 Å². The van der Waals surface area contributed by atoms with Gasteiger partial charge in [0, 0.05) is 16.2 Å². The summed E-state index contributed by atoms with van der Waals surface area (Å²) in [6, 6.07) is 5.79. The zero-order valence-corrected chi connectivity index (χ0v) is 22.8. The molecule has 1 atom stereocenters. The molecule has 2 amide bonds. The molecule has 202 valence electrons. The van der Waals surface area contributed by atoms with E-state index in [0.717, 1.165) is 12.1 Å². The van der Waals surface area contributed by atoms with Crippen molar-refractivity contribution < 1.29 is 33.0 Å². The Morgan fingerprint density at radius 1 is 1.14 bits per heavy atom. The number of hydrogen-bond donors (Lipinski definition) is 5. The van der Waals surface area contributed by atoms with Gasteiger partial charge in [0.05, 0.1) is 30.0 Å². The van der Waals surface area contributed by atoms with Gasteiger partial charge in [0.25, 0.3) is 5.91 Å². The molecular weight excluding hydrogens is 604 g/mol. The summed E-state index contributed by atoms with van der Waals surface area (Å²) in [6.07, 6.45) is -0.615. The van der Waals surface area contributed by atoms with Gasteiger partial charge in [-0.2, -0.15) is 0 Å². The molecule has 0 aliphatic carbocycles. The second kappa shape index (κ2) is 11.4. The maximum absolute atomic E-state index is 14.7. The minimum Gasteiger partial charge on any atom is -0.465 e. The van der Waals surface area contributed by atoms with Gasteiger partial charge >= 0.3 is 6.09 Å². The smallest absolute Gasteiger partial charge is 0.404 e. The maximum Gasteiger partial charge on any atom is 0.404 e. The molecule has 1 aliphatic heterocycles. The third-order valence-corrected chi connectivity index (χ3v) is 6.85. The van der Waals surface area contributed by atoms with E-state index < -0.39 is 40.7 Å². The average Bonchev–Trinajstić information content (AvgIpc) is 2.77. The number of carboxylic acid groups (broad SMARTS) is 1. The van der Waals surface area contributed by atoms with Gasteiger partial charge in [-0.3, -0.25) is 4.79 Å². The Labute approximate surface area is 226 Å². The molecule has 0 aromatic heterocycles. The van der Waals surface area contributed by atoms with Crippen molar-refractivity contribution in [3.63, 3.8) is 0 Å². The first-order valence-electron chi connectivity index (χ1n) is 11.6. The van der Waals surface area contributed by atoms with Crippen molar-refractivity contribution in [3.8, 4) is 0 Å². The number of hydrogen-bond acceptors (Lipinski definition) is 5. The van der Waals surface area contributed by atoms with E-state index in [9.17, 15) is 27.9 Å². The lowest BCUT2D eigenvalue weighted by atomic mass is 9.84. The maximum atomic E-state index is 14.7. The van der Waals surface area contributed by atoms with Crippen LogP contribution in [-0.2, 0) is 0 Å². The lowest BCUT2D eigenvalue weighted by molar-refractivity contribution is -0.0785. The molecule has 3 rings (SSSR count). The van der Waals surface area contributed by atoms with Crippen molar-refractivity contribution >= 4 is 46.0 Å². The monoisotopic (exact) mass is 634 g/mol. The molecule has 1 saturated heterocycles. The molecule has 0 saturated carbocycles. The van der Waals surface area contributed by atoms with E-state index in [1.807, 2.05) is 43.4 Å². The van der Waals surface area contributed by atoms with Crippen LogP contribution in [0.5, 0.6) is 0 Å². The standard InChI is InChI=1S/C25H30F3IN4O4/c1-24(2,3)19(32-23(35)36)8-9-30-11-25(37)12-33(13-25)22(34)15-5-6-16(26)20(28)21(15)31-18-7-4-14(29)10-17(18)27/h4-7,10,19,30-32,37H,8-9,11-13H2,1-3H3,(H,35,36). The summed E-state index contributed by atoms with van der Waals surface area (Å²) in [5, 5.41) is 27.9. The number of anilines is 2. The molecule has 2 aromatic rings. The predicted octanol–water partition coefficient (Wildman–Crippen LogP) is 4.30. The highest BCUT2D eigenvalue weighted by molar-refractivity contribution is 14.1. The lowest BCUT2D eigenvalue weighted by Gasteiger charge is -2.46. The number of carbonyl (C=O) groups is 2. The quantitative estimate of drug-likeness (QED) is 0.208. The molecule has 0 spiro atoms. The summed E-state index contributed by atoms with van der Waals surface area (Å²) in [5.41, 5.74) is -2.33. The van der Waals surface area contributed by atoms with Crippen molar-refractivity contribution in [3.05, 3.63) is 56.9 Å². The van der Waals surface area contributed by atoms with Crippen LogP contribution in [0, 0.1) is 26.4 Å². The normalized spacial score (nSPS) is 15.6. The van der Waals surface area contributed by atoms with Crippen LogP contribution in [0.2, 0.25) is 0 Å². The fraction of sp³-hybridized carbons (Fsp3) is 0.440. The van der Waals surface area contributed by atoms with Crippen molar-refractivity contribution in [1.82, 2.24) is 15.5 Å². The molecule has 1 heterocycles. The van der Waals surface area contributed by atoms with Crippen LogP contribution in [0.4, 0.5) is 29.3 Å². The number of nitrogens with zero attached hydrogens (tertiary/aromatic N) is 1. The molecule has 0 radical (unpaired) electrons. The number of β-amino-alcohol motifs (C(OH)–C–C–N with tert-alkyl or cyclic N) is 1. The second-order valence-corrected chi connectivity index (χ2v) is 11.5. The van der Waals surface area contributed by atoms with Crippen LogP contribution >= 0.6 is 22.6 Å². The first-order chi connectivity index (χ1) is 17.2. The summed E-state index contributed by atoms with van der Waals surface area (Å²) in [4.78, 5) is 25.4. The number of nitrogens with one attached hydrogen (secondary N) is 3. The number of carbonyl (C=O) groups excluding carboxylic acids is 1. The third kappa shape index (κ3) is 7.26. The Hall–Kier alpha value is -2.58. The van der Waals surface area contributed by atoms with Gasteiger partial charge in [0.2, 0.25) is 0 Å². The SMILES string of the molecule is CC(C)(C)C(CCNCC1(O)CN(C(=O)c2ccc(F)c(F)c2Nc2ccc(I)cc2F)C1)NC(=O)O. The summed E-state index contributed by atoms with van der Waals surface area (Å²) < 4.78 is 43.5. The molecule has 37 heavy (non-hydrogen) atoms. The van der Waals surface area contributed by atoms with Crippen LogP contribution in [0.15, 0.2) is 30.3 Å². The van der Waals surface area contributed by atoms with E-state index in [0.29, 0.717) is 16.5 Å². The Balaban J connectivity index is 1.62. The predicted molar refractivity (Wildman–Crippen MR) is 142 cm³/mol. The number of aliphatic hydroxyl groups is 1. The summed E-state index contributed by atoms with van der Waals surface area (Å²) in [6.45, 7) is 6.24. The summed E-state index contributed by atoms with van der Waals surface area (Å²) in [5.74, 6) is -3.84. The first-order valence-corrected chi connectivity index (χ1v) is 12.7. The molecule has 1 aliphatic rings. The molecule has 1 fully saturated rings. The number of halogens is 4. The van der Waals surface area contributed by atoms with Crippen LogP contribution in [0.1, 0.15) is 37.6 Å². The van der Waals surface area contributed by atoms with Crippen molar-refractivity contribution in [2.24, 2.45) is 5.41 Å². The van der Waals surface area contributed by atoms with Gasteiger partial charge in [-0.1, -0.05) is 20.8 Å². The largest absolute Gasteiger partial charge is 0.465 e. The minimum atomic E-state index is -1.32. The molecule has 5 N–H and O–H groups in total. The molecule has 12 heteroatoms. The van der Waals surface area contributed by atoms with Gasteiger partial charge in [-0.15, -0.1) is 0 Å². The molecule has 8 nitrogen and oxygen atoms in total. The molecule has 0 bridgehead atoms. The highest BCUT2D eigenvalue weighted by atomic mass is 127. The van der Waals surface area contributed by atoms with Crippen LogP contribution in [0.25, 0.3) is 0 Å². The minimum absolute atomic E-state index is 0.0504. The van der Waals surface area contributed by atoms with Crippen LogP contribution in [0.3, 0.4) is 0 Å². The zero-order chi connectivity index (χ0) is 27.5. The Morgan fingerprint density at radius 3 is 2.41 bits per heavy atom. The lowest BCUT2D eigenvalue weighted by Crippen LogP contribution is -2.67. The number of likely N-dealkylation sites (tertiary alicyclic amines) is 1. The van der Waals surface area contributed by atoms with Gasteiger partial charge in [-0.25, -0.2) is 18.0 Å². The van der Waals surface area contributed by atoms with E-state index in [1.165, 1.54) is 17.0 Å². The molecular formula is C25H30F3IN4O4. The Bertz CT molecular complexity index is 1170. The highest BCUT2D eigenvalue weighted by Gasteiger charge is 2.44. The first kappa shape index (κ1) is 29.0. The number of amides is 2. The fourth-order valence-electron chi connectivity index (χ4n) is 4.10. The number of benzene rings is 2. The van der Waals surface area contributed by atoms with E-state index in [1.54, 1.807) is 6.07 Å². The average molecular weight is 634 g/mol. The highest BCUT2D eigenvalue weighted by Crippen LogP contribution is 2.31. The Morgan fingerprint density at radius 2 is 1.81 bits per heavy atom. The molecule has 2 aromatic carbocycles. The number of rotatable bonds is 9. The van der Waals surface area contributed by atoms with Crippen molar-refractivity contribution in [2.75, 3.05) is 31.5 Å². The van der Waals surface area contributed by atoms with E-state index >= 15 is 0 Å². The van der Waals surface area contributed by atoms with Crippen molar-refractivity contribution in [1.29, 1.82) is 0 Å². The van der Waals surface area contributed by atoms with Gasteiger partial charge in [0.1, 0.15) is 11.4 Å². The zero-order valence-electron chi connectivity index (χ0n) is 20.7. The van der Waals surface area contributed by atoms with E-state index in [2.05, 4.69) is 16.0 Å².